The summed E-state index contributed by atoms with van der Waals surface area (Å²) < 4.78 is 11.3. The molecule has 0 saturated carbocycles. The van der Waals surface area contributed by atoms with Crippen LogP contribution < -0.4 is 29.9 Å². The third-order valence-corrected chi connectivity index (χ3v) is 6.84. The van der Waals surface area contributed by atoms with E-state index in [0.29, 0.717) is 30.8 Å². The third-order valence-electron chi connectivity index (χ3n) is 6.59. The Morgan fingerprint density at radius 1 is 0.794 bits per heavy atom. The molecule has 0 atom stereocenters. The zero-order valence-electron chi connectivity index (χ0n) is 19.7. The van der Waals surface area contributed by atoms with Crippen molar-refractivity contribution in [2.75, 3.05) is 54.5 Å². The molecule has 182 valence electrons. The van der Waals surface area contributed by atoms with Gasteiger partial charge in [0.25, 0.3) is 0 Å². The molecule has 0 radical (unpaired) electrons. The van der Waals surface area contributed by atoms with Crippen LogP contribution in [0.3, 0.4) is 0 Å². The van der Waals surface area contributed by atoms with E-state index in [1.54, 1.807) is 0 Å². The van der Waals surface area contributed by atoms with E-state index in [2.05, 4.69) is 26.5 Å². The molecule has 2 N–H and O–H groups in total. The molecular formula is C25H34N6O2S. The first-order valence-corrected chi connectivity index (χ1v) is 13.0. The molecule has 5 rings (SSSR count). The third kappa shape index (κ3) is 5.81. The molecule has 8 nitrogen and oxygen atoms in total. The molecule has 1 aromatic carbocycles. The number of fused-ring (bicyclic) bond motifs is 1. The molecule has 0 spiro atoms. The highest BCUT2D eigenvalue weighted by Gasteiger charge is 2.19. The van der Waals surface area contributed by atoms with Gasteiger partial charge in [-0.05, 0) is 62.0 Å². The molecule has 2 fully saturated rings. The average Bonchev–Trinajstić information content (AvgIpc) is 3.17. The average molecular weight is 483 g/mol. The molecule has 9 heteroatoms. The van der Waals surface area contributed by atoms with Crippen molar-refractivity contribution in [2.24, 2.45) is 0 Å². The van der Waals surface area contributed by atoms with Gasteiger partial charge in [0.2, 0.25) is 5.95 Å². The van der Waals surface area contributed by atoms with Crippen LogP contribution in [-0.4, -0.2) is 54.5 Å². The van der Waals surface area contributed by atoms with Crippen molar-refractivity contribution in [1.29, 1.82) is 0 Å². The molecule has 0 amide bonds. The second kappa shape index (κ2) is 11.1. The van der Waals surface area contributed by atoms with Crippen molar-refractivity contribution >= 4 is 34.9 Å². The van der Waals surface area contributed by atoms with Gasteiger partial charge in [-0.25, -0.2) is 0 Å². The number of piperidine rings is 1. The number of hydrogen-bond donors (Lipinski definition) is 2. The fourth-order valence-corrected chi connectivity index (χ4v) is 4.91. The number of ether oxygens (including phenoxy) is 2. The number of nitrogens with one attached hydrogen (secondary N) is 2. The van der Waals surface area contributed by atoms with Gasteiger partial charge in [0.1, 0.15) is 24.8 Å². The highest BCUT2D eigenvalue weighted by Crippen LogP contribution is 2.31. The summed E-state index contributed by atoms with van der Waals surface area (Å²) in [7, 11) is 0. The molecule has 3 aliphatic rings. The van der Waals surface area contributed by atoms with Crippen LogP contribution in [0.4, 0.5) is 17.6 Å². The zero-order valence-corrected chi connectivity index (χ0v) is 20.5. The Labute approximate surface area is 207 Å². The zero-order chi connectivity index (χ0) is 23.2. The van der Waals surface area contributed by atoms with Crippen LogP contribution in [0.25, 0.3) is 0 Å². The van der Waals surface area contributed by atoms with E-state index in [4.69, 9.17) is 31.7 Å². The smallest absolute Gasteiger partial charge is 0.232 e. The summed E-state index contributed by atoms with van der Waals surface area (Å²) in [5.41, 5.74) is 1.07. The van der Waals surface area contributed by atoms with Crippen LogP contribution in [0.1, 0.15) is 50.5 Å². The molecule has 2 aromatic rings. The second-order valence-corrected chi connectivity index (χ2v) is 9.55. The normalized spacial score (nSPS) is 18.2. The lowest BCUT2D eigenvalue weighted by Gasteiger charge is -2.29. The quantitative estimate of drug-likeness (QED) is 0.613. The van der Waals surface area contributed by atoms with Crippen LogP contribution in [0.15, 0.2) is 24.3 Å². The number of hydrogen-bond acceptors (Lipinski definition) is 7. The summed E-state index contributed by atoms with van der Waals surface area (Å²) in [6, 6.07) is 8.12. The van der Waals surface area contributed by atoms with E-state index >= 15 is 0 Å². The predicted octanol–water partition coefficient (Wildman–Crippen LogP) is 4.11. The number of thiocarbonyl (C=S) groups is 1. The van der Waals surface area contributed by atoms with Crippen molar-refractivity contribution in [3.05, 3.63) is 29.8 Å². The lowest BCUT2D eigenvalue weighted by molar-refractivity contribution is 0.171. The first-order chi connectivity index (χ1) is 16.7. The van der Waals surface area contributed by atoms with E-state index in [0.717, 1.165) is 54.9 Å². The number of rotatable bonds is 5. The number of nitrogens with zero attached hydrogens (tertiary/aromatic N) is 4. The Balaban J connectivity index is 1.28. The molecule has 34 heavy (non-hydrogen) atoms. The summed E-state index contributed by atoms with van der Waals surface area (Å²) >= 11 is 5.59. The van der Waals surface area contributed by atoms with E-state index in [-0.39, 0.29) is 0 Å². The largest absolute Gasteiger partial charge is 0.486 e. The summed E-state index contributed by atoms with van der Waals surface area (Å²) in [4.78, 5) is 14.5. The minimum atomic E-state index is 0.507. The Hall–Kier alpha value is -2.81. The van der Waals surface area contributed by atoms with Gasteiger partial charge >= 0.3 is 0 Å². The summed E-state index contributed by atoms with van der Waals surface area (Å²) in [6.07, 6.45) is 8.71. The van der Waals surface area contributed by atoms with E-state index in [1.165, 1.54) is 44.9 Å². The lowest BCUT2D eigenvalue weighted by atomic mass is 10.1. The molecule has 0 bridgehead atoms. The summed E-state index contributed by atoms with van der Waals surface area (Å²) in [6.45, 7) is 5.92. The minimum absolute atomic E-state index is 0.507. The molecule has 4 heterocycles. The van der Waals surface area contributed by atoms with Gasteiger partial charge in [0.15, 0.2) is 16.6 Å². The fraction of sp³-hybridized carbons (Fsp3) is 0.560. The van der Waals surface area contributed by atoms with E-state index in [9.17, 15) is 0 Å². The Kier molecular flexibility index (Phi) is 7.48. The van der Waals surface area contributed by atoms with Gasteiger partial charge < -0.3 is 29.9 Å². The first kappa shape index (κ1) is 23.0. The van der Waals surface area contributed by atoms with E-state index in [1.807, 2.05) is 18.2 Å². The Morgan fingerprint density at radius 2 is 1.38 bits per heavy atom. The number of aromatic nitrogens is 2. The van der Waals surface area contributed by atoms with E-state index < -0.39 is 0 Å². The summed E-state index contributed by atoms with van der Waals surface area (Å²) in [5, 5.41) is 7.02. The SMILES string of the molecule is S=C(NCc1ccc2c(c1)OCCO2)Nc1nc(N2CCCCCC2)cc(N2CCCCC2)n1. The Bertz CT molecular complexity index is 989. The highest BCUT2D eigenvalue weighted by atomic mass is 32.1. The lowest BCUT2D eigenvalue weighted by Crippen LogP contribution is -2.33. The molecule has 3 aliphatic heterocycles. The van der Waals surface area contributed by atoms with Gasteiger partial charge in [-0.3, -0.25) is 0 Å². The molecule has 0 aliphatic carbocycles. The van der Waals surface area contributed by atoms with Gasteiger partial charge in [-0.1, -0.05) is 18.9 Å². The standard InChI is InChI=1S/C25H34N6O2S/c34-25(26-18-19-8-9-20-21(16-19)33-15-14-32-20)29-24-27-22(30-10-4-1-2-5-11-30)17-23(28-24)31-12-6-3-7-13-31/h8-9,16-17H,1-7,10-15,18H2,(H2,26,27,28,29,34). The number of benzene rings is 1. The van der Waals surface area contributed by atoms with Crippen LogP contribution in [-0.2, 0) is 6.54 Å². The van der Waals surface area contributed by atoms with Gasteiger partial charge in [-0.2, -0.15) is 9.97 Å². The minimum Gasteiger partial charge on any atom is -0.486 e. The van der Waals surface area contributed by atoms with Gasteiger partial charge in [0.05, 0.1) is 0 Å². The second-order valence-electron chi connectivity index (χ2n) is 9.14. The monoisotopic (exact) mass is 482 g/mol. The number of anilines is 3. The maximum absolute atomic E-state index is 5.69. The maximum atomic E-state index is 5.69. The molecular weight excluding hydrogens is 448 g/mol. The fourth-order valence-electron chi connectivity index (χ4n) is 4.75. The maximum Gasteiger partial charge on any atom is 0.232 e. The van der Waals surface area contributed by atoms with Gasteiger partial charge in [0, 0.05) is 38.8 Å². The first-order valence-electron chi connectivity index (χ1n) is 12.6. The molecule has 2 saturated heterocycles. The highest BCUT2D eigenvalue weighted by molar-refractivity contribution is 7.80. The van der Waals surface area contributed by atoms with Crippen molar-refractivity contribution in [2.45, 2.75) is 51.5 Å². The van der Waals surface area contributed by atoms with Crippen molar-refractivity contribution < 1.29 is 9.47 Å². The van der Waals surface area contributed by atoms with Gasteiger partial charge in [-0.15, -0.1) is 0 Å². The van der Waals surface area contributed by atoms with Crippen molar-refractivity contribution in [1.82, 2.24) is 15.3 Å². The van der Waals surface area contributed by atoms with Crippen LogP contribution >= 0.6 is 12.2 Å². The topological polar surface area (TPSA) is 74.8 Å². The Morgan fingerprint density at radius 3 is 2.03 bits per heavy atom. The summed E-state index contributed by atoms with van der Waals surface area (Å²) in [5.74, 6) is 4.12. The molecule has 1 aromatic heterocycles. The predicted molar refractivity (Wildman–Crippen MR) is 139 cm³/mol. The van der Waals surface area contributed by atoms with Crippen LogP contribution in [0, 0.1) is 0 Å². The van der Waals surface area contributed by atoms with Crippen LogP contribution in [0.2, 0.25) is 0 Å². The molecule has 0 unspecified atom stereocenters. The van der Waals surface area contributed by atoms with Crippen LogP contribution in [0.5, 0.6) is 11.5 Å². The van der Waals surface area contributed by atoms with Crippen molar-refractivity contribution in [3.8, 4) is 11.5 Å². The van der Waals surface area contributed by atoms with Crippen molar-refractivity contribution in [3.63, 3.8) is 0 Å².